The summed E-state index contributed by atoms with van der Waals surface area (Å²) in [5.74, 6) is -1.18. The van der Waals surface area contributed by atoms with Crippen LogP contribution < -0.4 is 15.8 Å². The molecule has 0 fully saturated rings. The van der Waals surface area contributed by atoms with Gasteiger partial charge in [-0.2, -0.15) is 0 Å². The maximum absolute atomic E-state index is 12.9. The molecule has 1 aromatic heterocycles. The van der Waals surface area contributed by atoms with Gasteiger partial charge in [-0.3, -0.25) is 14.3 Å². The van der Waals surface area contributed by atoms with Gasteiger partial charge in [-0.15, -0.1) is 0 Å². The number of para-hydroxylation sites is 1. The summed E-state index contributed by atoms with van der Waals surface area (Å²) in [5, 5.41) is 2.58. The highest BCUT2D eigenvalue weighted by Crippen LogP contribution is 2.16. The molecule has 2 aromatic carbocycles. The van der Waals surface area contributed by atoms with Crippen LogP contribution in [-0.2, 0) is 16.6 Å². The second-order valence-electron chi connectivity index (χ2n) is 7.28. The van der Waals surface area contributed by atoms with Crippen LogP contribution in [0.25, 0.3) is 5.69 Å². The van der Waals surface area contributed by atoms with Gasteiger partial charge in [0.05, 0.1) is 16.9 Å². The highest BCUT2D eigenvalue weighted by Gasteiger charge is 2.19. The van der Waals surface area contributed by atoms with E-state index in [-0.39, 0.29) is 11.2 Å². The number of carbonyl (C=O) groups is 2. The minimum atomic E-state index is -0.599. The van der Waals surface area contributed by atoms with E-state index in [1.807, 2.05) is 30.3 Å². The molecule has 0 aliphatic rings. The quantitative estimate of drug-likeness (QED) is 0.549. The first kappa shape index (κ1) is 22.9. The van der Waals surface area contributed by atoms with Crippen LogP contribution >= 0.6 is 0 Å². The van der Waals surface area contributed by atoms with Crippen LogP contribution in [0.3, 0.4) is 0 Å². The van der Waals surface area contributed by atoms with Gasteiger partial charge in [0.25, 0.3) is 11.5 Å². The predicted molar refractivity (Wildman–Crippen MR) is 125 cm³/mol. The van der Waals surface area contributed by atoms with Crippen molar-refractivity contribution in [3.05, 3.63) is 76.2 Å². The van der Waals surface area contributed by atoms with Crippen molar-refractivity contribution >= 4 is 23.3 Å². The first-order valence-corrected chi connectivity index (χ1v) is 10.5. The Morgan fingerprint density at radius 1 is 1.00 bits per heavy atom. The van der Waals surface area contributed by atoms with E-state index in [4.69, 9.17) is 4.74 Å². The molecule has 168 valence electrons. The third kappa shape index (κ3) is 4.74. The summed E-state index contributed by atoms with van der Waals surface area (Å²) in [7, 11) is 1.74. The molecule has 0 saturated heterocycles. The number of nitrogens with one attached hydrogen (secondary N) is 1. The maximum atomic E-state index is 12.9. The van der Waals surface area contributed by atoms with Crippen LogP contribution in [0, 0.1) is 6.92 Å². The van der Waals surface area contributed by atoms with Gasteiger partial charge in [0.15, 0.2) is 6.61 Å². The van der Waals surface area contributed by atoms with Crippen LogP contribution in [0.4, 0.5) is 11.4 Å². The molecule has 0 radical (unpaired) electrons. The SMILES string of the molecule is CCN(CC)c1ccc(C(=O)OCC(=O)Nc2c(C)n(C)n(-c3ccccc3)c2=O)cc1. The van der Waals surface area contributed by atoms with E-state index < -0.39 is 18.5 Å². The number of rotatable bonds is 8. The fraction of sp³-hybridized carbons (Fsp3) is 0.292. The van der Waals surface area contributed by atoms with Crippen molar-refractivity contribution in [1.82, 2.24) is 9.36 Å². The summed E-state index contributed by atoms with van der Waals surface area (Å²) in [5.41, 5.74) is 2.44. The van der Waals surface area contributed by atoms with Crippen molar-refractivity contribution in [2.45, 2.75) is 20.8 Å². The Balaban J connectivity index is 1.65. The molecular weight excluding hydrogens is 408 g/mol. The lowest BCUT2D eigenvalue weighted by atomic mass is 10.2. The molecule has 1 amide bonds. The molecule has 1 heterocycles. The maximum Gasteiger partial charge on any atom is 0.338 e. The number of ether oxygens (including phenoxy) is 1. The second-order valence-corrected chi connectivity index (χ2v) is 7.28. The van der Waals surface area contributed by atoms with Crippen LogP contribution in [-0.4, -0.2) is 40.9 Å². The summed E-state index contributed by atoms with van der Waals surface area (Å²) in [4.78, 5) is 39.7. The molecule has 32 heavy (non-hydrogen) atoms. The summed E-state index contributed by atoms with van der Waals surface area (Å²) in [6.07, 6.45) is 0. The van der Waals surface area contributed by atoms with E-state index in [2.05, 4.69) is 24.1 Å². The predicted octanol–water partition coefficient (Wildman–Crippen LogP) is 3.13. The van der Waals surface area contributed by atoms with Crippen molar-refractivity contribution < 1.29 is 14.3 Å². The van der Waals surface area contributed by atoms with Crippen molar-refractivity contribution in [3.8, 4) is 5.69 Å². The van der Waals surface area contributed by atoms with Crippen LogP contribution in [0.15, 0.2) is 59.4 Å². The van der Waals surface area contributed by atoms with Crippen LogP contribution in [0.2, 0.25) is 0 Å². The number of carbonyl (C=O) groups excluding carboxylic acids is 2. The molecule has 0 saturated carbocycles. The van der Waals surface area contributed by atoms with E-state index in [1.165, 1.54) is 4.68 Å². The topological polar surface area (TPSA) is 85.6 Å². The van der Waals surface area contributed by atoms with E-state index in [0.717, 1.165) is 18.8 Å². The fourth-order valence-corrected chi connectivity index (χ4v) is 3.50. The van der Waals surface area contributed by atoms with E-state index >= 15 is 0 Å². The largest absolute Gasteiger partial charge is 0.452 e. The van der Waals surface area contributed by atoms with Gasteiger partial charge in [-0.25, -0.2) is 9.48 Å². The van der Waals surface area contributed by atoms with Crippen LogP contribution in [0.5, 0.6) is 0 Å². The second kappa shape index (κ2) is 10.00. The molecule has 0 unspecified atom stereocenters. The number of hydrogen-bond donors (Lipinski definition) is 1. The van der Waals surface area contributed by atoms with Gasteiger partial charge >= 0.3 is 5.97 Å². The molecule has 0 aliphatic heterocycles. The molecule has 0 spiro atoms. The standard InChI is InChI=1S/C24H28N4O4/c1-5-27(6-2)19-14-12-18(13-15-19)24(31)32-16-21(29)25-22-17(3)26(4)28(23(22)30)20-10-8-7-9-11-20/h7-15H,5-6,16H2,1-4H3,(H,25,29). The van der Waals surface area contributed by atoms with Gasteiger partial charge in [0, 0.05) is 25.8 Å². The van der Waals surface area contributed by atoms with Crippen molar-refractivity contribution in [2.75, 3.05) is 29.9 Å². The number of amides is 1. The molecule has 0 bridgehead atoms. The Morgan fingerprint density at radius 2 is 1.62 bits per heavy atom. The zero-order valence-corrected chi connectivity index (χ0v) is 18.8. The first-order valence-electron chi connectivity index (χ1n) is 10.5. The molecule has 3 aromatic rings. The monoisotopic (exact) mass is 436 g/mol. The van der Waals surface area contributed by atoms with Crippen molar-refractivity contribution in [2.24, 2.45) is 7.05 Å². The number of aromatic nitrogens is 2. The molecule has 1 N–H and O–H groups in total. The summed E-state index contributed by atoms with van der Waals surface area (Å²) < 4.78 is 8.27. The molecule has 8 heteroatoms. The average molecular weight is 437 g/mol. The van der Waals surface area contributed by atoms with Gasteiger partial charge < -0.3 is 15.0 Å². The number of anilines is 2. The van der Waals surface area contributed by atoms with Gasteiger partial charge in [0.2, 0.25) is 0 Å². The van der Waals surface area contributed by atoms with E-state index in [0.29, 0.717) is 16.9 Å². The molecule has 0 atom stereocenters. The van der Waals surface area contributed by atoms with Crippen molar-refractivity contribution in [1.29, 1.82) is 0 Å². The lowest BCUT2D eigenvalue weighted by Crippen LogP contribution is -2.26. The number of benzene rings is 2. The minimum absolute atomic E-state index is 0.154. The lowest BCUT2D eigenvalue weighted by molar-refractivity contribution is -0.119. The third-order valence-electron chi connectivity index (χ3n) is 5.38. The molecule has 8 nitrogen and oxygen atoms in total. The number of esters is 1. The average Bonchev–Trinajstić information content (AvgIpc) is 3.02. The summed E-state index contributed by atoms with van der Waals surface area (Å²) in [6, 6.07) is 16.2. The van der Waals surface area contributed by atoms with E-state index in [1.54, 1.807) is 42.9 Å². The van der Waals surface area contributed by atoms with Gasteiger partial charge in [0.1, 0.15) is 5.69 Å². The Hall–Kier alpha value is -3.81. The smallest absolute Gasteiger partial charge is 0.338 e. The molecule has 3 rings (SSSR count). The minimum Gasteiger partial charge on any atom is -0.452 e. The lowest BCUT2D eigenvalue weighted by Gasteiger charge is -2.20. The zero-order chi connectivity index (χ0) is 23.3. The Labute approximate surface area is 187 Å². The normalized spacial score (nSPS) is 10.6. The van der Waals surface area contributed by atoms with Gasteiger partial charge in [-0.1, -0.05) is 18.2 Å². The Morgan fingerprint density at radius 3 is 2.22 bits per heavy atom. The van der Waals surface area contributed by atoms with Crippen LogP contribution in [0.1, 0.15) is 29.9 Å². The highest BCUT2D eigenvalue weighted by atomic mass is 16.5. The van der Waals surface area contributed by atoms with Crippen molar-refractivity contribution in [3.63, 3.8) is 0 Å². The van der Waals surface area contributed by atoms with E-state index in [9.17, 15) is 14.4 Å². The Kier molecular flexibility index (Phi) is 7.14. The third-order valence-corrected chi connectivity index (χ3v) is 5.38. The zero-order valence-electron chi connectivity index (χ0n) is 18.8. The molecular formula is C24H28N4O4. The number of nitrogens with zero attached hydrogens (tertiary/aromatic N) is 3. The summed E-state index contributed by atoms with van der Waals surface area (Å²) in [6.45, 7) is 7.10. The molecule has 0 aliphatic carbocycles. The Bertz CT molecular complexity index is 1140. The fourth-order valence-electron chi connectivity index (χ4n) is 3.50. The highest BCUT2D eigenvalue weighted by molar-refractivity contribution is 5.95. The number of hydrogen-bond acceptors (Lipinski definition) is 5. The summed E-state index contributed by atoms with van der Waals surface area (Å²) >= 11 is 0. The first-order chi connectivity index (χ1) is 15.4. The van der Waals surface area contributed by atoms with Gasteiger partial charge in [-0.05, 0) is 57.2 Å².